The van der Waals surface area contributed by atoms with Gasteiger partial charge in [-0.1, -0.05) is 13.8 Å². The predicted octanol–water partition coefficient (Wildman–Crippen LogP) is 2.69. The zero-order valence-corrected chi connectivity index (χ0v) is 7.33. The summed E-state index contributed by atoms with van der Waals surface area (Å²) in [6.07, 6.45) is 3.85. The van der Waals surface area contributed by atoms with Gasteiger partial charge in [0.25, 0.3) is 0 Å². The van der Waals surface area contributed by atoms with Crippen LogP contribution in [0.2, 0.25) is 0 Å². The number of nitrogens with one attached hydrogen (secondary N) is 1. The molecule has 2 heterocycles. The molecule has 0 aliphatic carbocycles. The summed E-state index contributed by atoms with van der Waals surface area (Å²) in [7, 11) is 0. The van der Waals surface area contributed by atoms with E-state index in [1.165, 1.54) is 11.1 Å². The first-order valence-corrected chi connectivity index (χ1v) is 4.21. The molecule has 0 bridgehead atoms. The van der Waals surface area contributed by atoms with Crippen LogP contribution in [0.4, 0.5) is 0 Å². The smallest absolute Gasteiger partial charge is 0.0911 e. The van der Waals surface area contributed by atoms with Gasteiger partial charge in [-0.2, -0.15) is 0 Å². The van der Waals surface area contributed by atoms with Gasteiger partial charge in [-0.15, -0.1) is 0 Å². The highest BCUT2D eigenvalue weighted by Gasteiger charge is 2.06. The second-order valence-corrected chi connectivity index (χ2v) is 3.30. The van der Waals surface area contributed by atoms with Crippen molar-refractivity contribution in [3.63, 3.8) is 0 Å². The predicted molar refractivity (Wildman–Crippen MR) is 50.2 cm³/mol. The molecule has 2 heteroatoms. The minimum Gasteiger partial charge on any atom is -0.362 e. The minimum atomic E-state index is 0.511. The first-order chi connectivity index (χ1) is 5.79. The Morgan fingerprint density at radius 3 is 3.00 bits per heavy atom. The van der Waals surface area contributed by atoms with Gasteiger partial charge in [0, 0.05) is 23.5 Å². The van der Waals surface area contributed by atoms with E-state index in [4.69, 9.17) is 0 Å². The quantitative estimate of drug-likeness (QED) is 0.682. The van der Waals surface area contributed by atoms with Gasteiger partial charge in [0.05, 0.1) is 5.52 Å². The summed E-state index contributed by atoms with van der Waals surface area (Å²) in [5.41, 5.74) is 2.33. The first-order valence-electron chi connectivity index (χ1n) is 4.21. The highest BCUT2D eigenvalue weighted by Crippen LogP contribution is 2.21. The van der Waals surface area contributed by atoms with Crippen LogP contribution >= 0.6 is 0 Å². The molecule has 2 nitrogen and oxygen atoms in total. The summed E-state index contributed by atoms with van der Waals surface area (Å²) in [6, 6.07) is 4.03. The topological polar surface area (TPSA) is 28.7 Å². The van der Waals surface area contributed by atoms with Gasteiger partial charge < -0.3 is 4.98 Å². The van der Waals surface area contributed by atoms with Crippen LogP contribution in [0.25, 0.3) is 10.9 Å². The first kappa shape index (κ1) is 7.35. The van der Waals surface area contributed by atoms with Gasteiger partial charge in [0.1, 0.15) is 0 Å². The number of aromatic nitrogens is 2. The number of hydrogen-bond donors (Lipinski definition) is 1. The molecule has 0 saturated carbocycles. The van der Waals surface area contributed by atoms with Crippen molar-refractivity contribution in [2.75, 3.05) is 0 Å². The van der Waals surface area contributed by atoms with Crippen molar-refractivity contribution in [1.82, 2.24) is 9.97 Å². The fourth-order valence-corrected chi connectivity index (χ4v) is 1.42. The third-order valence-electron chi connectivity index (χ3n) is 2.05. The molecule has 62 valence electrons. The van der Waals surface area contributed by atoms with E-state index in [0.29, 0.717) is 5.92 Å². The van der Waals surface area contributed by atoms with Gasteiger partial charge in [0.15, 0.2) is 0 Å². The van der Waals surface area contributed by atoms with Gasteiger partial charge in [0.2, 0.25) is 0 Å². The molecule has 1 N–H and O–H groups in total. The van der Waals surface area contributed by atoms with E-state index < -0.39 is 0 Å². The van der Waals surface area contributed by atoms with Crippen molar-refractivity contribution in [3.05, 3.63) is 30.2 Å². The molecule has 0 fully saturated rings. The molecule has 0 radical (unpaired) electrons. The molecule has 0 aromatic carbocycles. The summed E-state index contributed by atoms with van der Waals surface area (Å²) in [6.45, 7) is 4.33. The van der Waals surface area contributed by atoms with Crippen LogP contribution in [0.1, 0.15) is 25.5 Å². The molecular weight excluding hydrogens is 148 g/mol. The molecular formula is C10H12N2. The van der Waals surface area contributed by atoms with E-state index >= 15 is 0 Å². The van der Waals surface area contributed by atoms with E-state index in [1.54, 1.807) is 0 Å². The van der Waals surface area contributed by atoms with Gasteiger partial charge in [-0.05, 0) is 18.1 Å². The molecule has 12 heavy (non-hydrogen) atoms. The minimum absolute atomic E-state index is 0.511. The molecule has 2 rings (SSSR count). The lowest BCUT2D eigenvalue weighted by molar-refractivity contribution is 0.838. The molecule has 2 aromatic heterocycles. The number of hydrogen-bond acceptors (Lipinski definition) is 1. The molecule has 0 atom stereocenters. The Hall–Kier alpha value is -1.31. The van der Waals surface area contributed by atoms with E-state index in [9.17, 15) is 0 Å². The highest BCUT2D eigenvalue weighted by atomic mass is 14.8. The van der Waals surface area contributed by atoms with Crippen molar-refractivity contribution in [2.24, 2.45) is 0 Å². The normalized spacial score (nSPS) is 11.2. The maximum atomic E-state index is 4.33. The summed E-state index contributed by atoms with van der Waals surface area (Å²) < 4.78 is 0. The Morgan fingerprint density at radius 2 is 2.25 bits per heavy atom. The lowest BCUT2D eigenvalue weighted by Gasteiger charge is -2.00. The number of nitrogens with zero attached hydrogens (tertiary/aromatic N) is 1. The van der Waals surface area contributed by atoms with Crippen molar-refractivity contribution in [3.8, 4) is 0 Å². The molecule has 0 aliphatic heterocycles. The SMILES string of the molecule is CC(C)c1[nH]cc2cccnc12. The van der Waals surface area contributed by atoms with Gasteiger partial charge in [-0.25, -0.2) is 0 Å². The Bertz CT molecular complexity index is 387. The fourth-order valence-electron chi connectivity index (χ4n) is 1.42. The van der Waals surface area contributed by atoms with Crippen molar-refractivity contribution >= 4 is 10.9 Å². The molecule has 0 saturated heterocycles. The van der Waals surface area contributed by atoms with Crippen molar-refractivity contribution in [1.29, 1.82) is 0 Å². The lowest BCUT2D eigenvalue weighted by atomic mass is 10.1. The van der Waals surface area contributed by atoms with Crippen LogP contribution < -0.4 is 0 Å². The van der Waals surface area contributed by atoms with E-state index in [2.05, 4.69) is 29.9 Å². The Morgan fingerprint density at radius 1 is 1.42 bits per heavy atom. The van der Waals surface area contributed by atoms with Crippen LogP contribution in [0.5, 0.6) is 0 Å². The van der Waals surface area contributed by atoms with Gasteiger partial charge in [-0.3, -0.25) is 4.98 Å². The van der Waals surface area contributed by atoms with E-state index in [0.717, 1.165) is 5.52 Å². The monoisotopic (exact) mass is 160 g/mol. The van der Waals surface area contributed by atoms with E-state index in [-0.39, 0.29) is 0 Å². The van der Waals surface area contributed by atoms with Crippen molar-refractivity contribution in [2.45, 2.75) is 19.8 Å². The third-order valence-corrected chi connectivity index (χ3v) is 2.05. The van der Waals surface area contributed by atoms with Crippen molar-refractivity contribution < 1.29 is 0 Å². The highest BCUT2D eigenvalue weighted by molar-refractivity contribution is 5.81. The maximum Gasteiger partial charge on any atom is 0.0911 e. The van der Waals surface area contributed by atoms with Crippen LogP contribution in [-0.2, 0) is 0 Å². The number of rotatable bonds is 1. The summed E-state index contributed by atoms with van der Waals surface area (Å²) in [5, 5.41) is 1.20. The zero-order chi connectivity index (χ0) is 8.55. The Balaban J connectivity index is 2.70. The molecule has 0 unspecified atom stereocenters. The number of fused-ring (bicyclic) bond motifs is 1. The number of pyridine rings is 1. The number of H-pyrrole nitrogens is 1. The van der Waals surface area contributed by atoms with Crippen LogP contribution in [0.15, 0.2) is 24.5 Å². The maximum absolute atomic E-state index is 4.33. The van der Waals surface area contributed by atoms with Crippen LogP contribution in [-0.4, -0.2) is 9.97 Å². The summed E-state index contributed by atoms with van der Waals surface area (Å²) in [5.74, 6) is 0.511. The Labute approximate surface area is 71.6 Å². The van der Waals surface area contributed by atoms with Crippen LogP contribution in [0.3, 0.4) is 0 Å². The molecule has 0 amide bonds. The lowest BCUT2D eigenvalue weighted by Crippen LogP contribution is -1.88. The van der Waals surface area contributed by atoms with Crippen LogP contribution in [0, 0.1) is 0 Å². The second-order valence-electron chi connectivity index (χ2n) is 3.30. The number of aromatic amines is 1. The summed E-state index contributed by atoms with van der Waals surface area (Å²) in [4.78, 5) is 7.58. The molecule has 0 spiro atoms. The van der Waals surface area contributed by atoms with E-state index in [1.807, 2.05) is 18.5 Å². The largest absolute Gasteiger partial charge is 0.362 e. The molecule has 2 aromatic rings. The average Bonchev–Trinajstić information content (AvgIpc) is 2.47. The third kappa shape index (κ3) is 0.998. The molecule has 0 aliphatic rings. The van der Waals surface area contributed by atoms with Gasteiger partial charge >= 0.3 is 0 Å². The zero-order valence-electron chi connectivity index (χ0n) is 7.33. The standard InChI is InChI=1S/C10H12N2/c1-7(2)9-10-8(6-12-9)4-3-5-11-10/h3-7,12H,1-2H3. The average molecular weight is 160 g/mol. The fraction of sp³-hybridized carbons (Fsp3) is 0.300. The second kappa shape index (κ2) is 2.63. The Kier molecular flexibility index (Phi) is 1.61. The summed E-state index contributed by atoms with van der Waals surface area (Å²) >= 11 is 0.